The Hall–Kier alpha value is -3.41. The molecule has 0 aliphatic carbocycles. The number of carbonyl (C=O) groups excluding carboxylic acids is 2. The van der Waals surface area contributed by atoms with Gasteiger partial charge in [-0.1, -0.05) is 57.5 Å². The van der Waals surface area contributed by atoms with Crippen LogP contribution in [0.1, 0.15) is 39.8 Å². The first-order valence-electron chi connectivity index (χ1n) is 10.2. The summed E-state index contributed by atoms with van der Waals surface area (Å²) < 4.78 is 7.31. The van der Waals surface area contributed by atoms with Crippen LogP contribution in [0, 0.1) is 5.92 Å². The second-order valence-electron chi connectivity index (χ2n) is 7.44. The number of nitrogens with zero attached hydrogens (tertiary/aromatic N) is 2. The maximum absolute atomic E-state index is 12.0. The molecule has 3 rings (SSSR count). The molecule has 0 aliphatic rings. The molecule has 0 fully saturated rings. The van der Waals surface area contributed by atoms with Crippen LogP contribution in [0.25, 0.3) is 16.8 Å². The van der Waals surface area contributed by atoms with Crippen molar-refractivity contribution in [3.8, 4) is 22.7 Å². The Morgan fingerprint density at radius 1 is 1.07 bits per heavy atom. The summed E-state index contributed by atoms with van der Waals surface area (Å²) in [5, 5.41) is 7.66. The van der Waals surface area contributed by atoms with Crippen LogP contribution >= 0.6 is 0 Å². The van der Waals surface area contributed by atoms with Crippen LogP contribution in [0.2, 0.25) is 0 Å². The molecule has 0 spiro atoms. The summed E-state index contributed by atoms with van der Waals surface area (Å²) in [6, 6.07) is 17.1. The molecule has 1 amide bonds. The molecule has 0 atom stereocenters. The van der Waals surface area contributed by atoms with Gasteiger partial charge in [0.1, 0.15) is 0 Å². The lowest BCUT2D eigenvalue weighted by Gasteiger charge is -2.11. The van der Waals surface area contributed by atoms with Crippen molar-refractivity contribution in [3.63, 3.8) is 0 Å². The van der Waals surface area contributed by atoms with Crippen molar-refractivity contribution in [2.24, 2.45) is 5.92 Å². The molecular weight excluding hydrogens is 378 g/mol. The summed E-state index contributed by atoms with van der Waals surface area (Å²) in [6.07, 6.45) is 1.65. The third-order valence-corrected chi connectivity index (χ3v) is 4.61. The molecule has 0 saturated carbocycles. The number of hydrogen-bond acceptors (Lipinski definition) is 4. The first-order valence-corrected chi connectivity index (χ1v) is 10.2. The number of anilines is 1. The van der Waals surface area contributed by atoms with Crippen LogP contribution in [0.5, 0.6) is 5.88 Å². The van der Waals surface area contributed by atoms with Gasteiger partial charge in [0.15, 0.2) is 0 Å². The third-order valence-electron chi connectivity index (χ3n) is 4.61. The van der Waals surface area contributed by atoms with Crippen molar-refractivity contribution < 1.29 is 14.3 Å². The van der Waals surface area contributed by atoms with E-state index in [1.807, 2.05) is 68.4 Å². The smallest absolute Gasteiger partial charge is 0.309 e. The number of nitrogens with one attached hydrogen (secondary N) is 1. The van der Waals surface area contributed by atoms with Gasteiger partial charge in [-0.25, -0.2) is 0 Å². The number of carbonyl (C=O) groups is 2. The number of hydrogen-bond donors (Lipinski definition) is 1. The number of rotatable bonds is 7. The van der Waals surface area contributed by atoms with Gasteiger partial charge in [0.05, 0.1) is 16.9 Å². The van der Waals surface area contributed by atoms with E-state index in [9.17, 15) is 9.59 Å². The highest BCUT2D eigenvalue weighted by atomic mass is 16.5. The number of para-hydroxylation sites is 1. The van der Waals surface area contributed by atoms with Crippen molar-refractivity contribution in [3.05, 3.63) is 60.3 Å². The zero-order valence-electron chi connectivity index (χ0n) is 17.8. The molecule has 1 N–H and O–H groups in total. The molecule has 156 valence electrons. The highest BCUT2D eigenvalue weighted by molar-refractivity contribution is 5.92. The molecular formula is C24H27N3O3. The van der Waals surface area contributed by atoms with E-state index in [1.54, 1.807) is 4.68 Å². The zero-order valence-corrected chi connectivity index (χ0v) is 17.8. The minimum atomic E-state index is -0.405. The first-order chi connectivity index (χ1) is 14.4. The Kier molecular flexibility index (Phi) is 6.67. The van der Waals surface area contributed by atoms with Crippen molar-refractivity contribution in [2.45, 2.75) is 40.5 Å². The van der Waals surface area contributed by atoms with E-state index in [0.717, 1.165) is 41.0 Å². The molecule has 6 heteroatoms. The van der Waals surface area contributed by atoms with Gasteiger partial charge in [0.25, 0.3) is 0 Å². The molecule has 1 aromatic heterocycles. The van der Waals surface area contributed by atoms with Gasteiger partial charge >= 0.3 is 5.97 Å². The van der Waals surface area contributed by atoms with Crippen LogP contribution in [-0.2, 0) is 16.0 Å². The zero-order chi connectivity index (χ0) is 21.7. The van der Waals surface area contributed by atoms with Crippen LogP contribution in [0.3, 0.4) is 0 Å². The predicted octanol–water partition coefficient (Wildman–Crippen LogP) is 5.01. The number of benzene rings is 2. The van der Waals surface area contributed by atoms with Gasteiger partial charge in [-0.3, -0.25) is 9.59 Å². The van der Waals surface area contributed by atoms with Gasteiger partial charge in [-0.05, 0) is 36.2 Å². The molecule has 2 aromatic carbocycles. The Balaban J connectivity index is 2.09. The Morgan fingerprint density at radius 2 is 1.73 bits per heavy atom. The van der Waals surface area contributed by atoms with Crippen molar-refractivity contribution in [1.29, 1.82) is 0 Å². The molecule has 6 nitrogen and oxygen atoms in total. The molecule has 30 heavy (non-hydrogen) atoms. The lowest BCUT2D eigenvalue weighted by atomic mass is 10.0. The maximum Gasteiger partial charge on any atom is 0.309 e. The molecule has 3 aromatic rings. The number of ether oxygens (including phenoxy) is 1. The van der Waals surface area contributed by atoms with Crippen LogP contribution < -0.4 is 10.1 Å². The monoisotopic (exact) mass is 405 g/mol. The van der Waals surface area contributed by atoms with E-state index in [2.05, 4.69) is 12.2 Å². The SMILES string of the molecule is CCCc1nn(-c2ccccc2)c(OC(C)=O)c1-c1ccc(NC(=O)C(C)C)cc1. The van der Waals surface area contributed by atoms with Crippen LogP contribution in [-0.4, -0.2) is 21.7 Å². The summed E-state index contributed by atoms with van der Waals surface area (Å²) in [6.45, 7) is 7.17. The quantitative estimate of drug-likeness (QED) is 0.561. The fourth-order valence-electron chi connectivity index (χ4n) is 3.13. The number of amides is 1. The van der Waals surface area contributed by atoms with Crippen molar-refractivity contribution in [1.82, 2.24) is 9.78 Å². The largest absolute Gasteiger partial charge is 0.407 e. The predicted molar refractivity (Wildman–Crippen MR) is 118 cm³/mol. The van der Waals surface area contributed by atoms with Gasteiger partial charge in [0, 0.05) is 18.5 Å². The highest BCUT2D eigenvalue weighted by Gasteiger charge is 2.23. The van der Waals surface area contributed by atoms with E-state index in [4.69, 9.17) is 9.84 Å². The van der Waals surface area contributed by atoms with Crippen LogP contribution in [0.15, 0.2) is 54.6 Å². The Labute approximate surface area is 176 Å². The topological polar surface area (TPSA) is 73.2 Å². The first kappa shape index (κ1) is 21.3. The highest BCUT2D eigenvalue weighted by Crippen LogP contribution is 2.37. The van der Waals surface area contributed by atoms with Crippen molar-refractivity contribution in [2.75, 3.05) is 5.32 Å². The summed E-state index contributed by atoms with van der Waals surface area (Å²) in [4.78, 5) is 23.8. The number of aryl methyl sites for hydroxylation is 1. The van der Waals surface area contributed by atoms with E-state index in [1.165, 1.54) is 6.92 Å². The van der Waals surface area contributed by atoms with Crippen molar-refractivity contribution >= 4 is 17.6 Å². The standard InChI is InChI=1S/C24H27N3O3/c1-5-9-21-22(18-12-14-19(15-13-18)25-23(29)16(2)3)24(30-17(4)28)27(26-21)20-10-7-6-8-11-20/h6-8,10-16H,5,9H2,1-4H3,(H,25,29). The second kappa shape index (κ2) is 9.39. The third kappa shape index (κ3) is 4.76. The van der Waals surface area contributed by atoms with E-state index in [0.29, 0.717) is 5.88 Å². The summed E-state index contributed by atoms with van der Waals surface area (Å²) in [5.74, 6) is -0.138. The lowest BCUT2D eigenvalue weighted by molar-refractivity contribution is -0.132. The molecule has 0 aliphatic heterocycles. The fraction of sp³-hybridized carbons (Fsp3) is 0.292. The lowest BCUT2D eigenvalue weighted by Crippen LogP contribution is -2.17. The van der Waals surface area contributed by atoms with E-state index < -0.39 is 5.97 Å². The fourth-order valence-corrected chi connectivity index (χ4v) is 3.13. The summed E-state index contributed by atoms with van der Waals surface area (Å²) in [7, 11) is 0. The minimum Gasteiger partial charge on any atom is -0.407 e. The average molecular weight is 405 g/mol. The Morgan fingerprint density at radius 3 is 2.30 bits per heavy atom. The second-order valence-corrected chi connectivity index (χ2v) is 7.44. The molecule has 1 heterocycles. The number of aromatic nitrogens is 2. The molecule has 0 radical (unpaired) electrons. The number of esters is 1. The normalized spacial score (nSPS) is 10.8. The maximum atomic E-state index is 12.0. The molecule has 0 bridgehead atoms. The van der Waals surface area contributed by atoms with E-state index in [-0.39, 0.29) is 11.8 Å². The van der Waals surface area contributed by atoms with Gasteiger partial charge in [-0.2, -0.15) is 9.78 Å². The van der Waals surface area contributed by atoms with E-state index >= 15 is 0 Å². The average Bonchev–Trinajstić information content (AvgIpc) is 3.06. The van der Waals surface area contributed by atoms with Gasteiger partial charge < -0.3 is 10.1 Å². The Bertz CT molecular complexity index is 1020. The summed E-state index contributed by atoms with van der Waals surface area (Å²) in [5.41, 5.74) is 4.06. The molecule has 0 saturated heterocycles. The minimum absolute atomic E-state index is 0.0353. The van der Waals surface area contributed by atoms with Gasteiger partial charge in [0.2, 0.25) is 11.8 Å². The molecule has 0 unspecified atom stereocenters. The van der Waals surface area contributed by atoms with Gasteiger partial charge in [-0.15, -0.1) is 0 Å². The summed E-state index contributed by atoms with van der Waals surface area (Å²) >= 11 is 0. The van der Waals surface area contributed by atoms with Crippen LogP contribution in [0.4, 0.5) is 5.69 Å².